The van der Waals surface area contributed by atoms with Crippen molar-refractivity contribution in [2.24, 2.45) is 0 Å². The van der Waals surface area contributed by atoms with Crippen LogP contribution in [0, 0.1) is 5.82 Å². The Bertz CT molecular complexity index is 1030. The molecule has 1 atom stereocenters. The van der Waals surface area contributed by atoms with Crippen molar-refractivity contribution in [3.8, 4) is 11.3 Å². The van der Waals surface area contributed by atoms with Crippen LogP contribution in [0.4, 0.5) is 4.39 Å². The lowest BCUT2D eigenvalue weighted by atomic mass is 10.1. The molecule has 3 heterocycles. The van der Waals surface area contributed by atoms with Crippen LogP contribution in [0.15, 0.2) is 35.8 Å². The van der Waals surface area contributed by atoms with E-state index in [1.54, 1.807) is 39.9 Å². The highest BCUT2D eigenvalue weighted by Crippen LogP contribution is 2.25. The molecule has 7 nitrogen and oxygen atoms in total. The van der Waals surface area contributed by atoms with Crippen molar-refractivity contribution in [2.45, 2.75) is 19.4 Å². The van der Waals surface area contributed by atoms with E-state index in [1.807, 2.05) is 0 Å². The molecule has 0 unspecified atom stereocenters. The van der Waals surface area contributed by atoms with E-state index in [2.05, 4.69) is 4.98 Å². The van der Waals surface area contributed by atoms with Crippen molar-refractivity contribution in [3.63, 3.8) is 0 Å². The van der Waals surface area contributed by atoms with Gasteiger partial charge in [-0.05, 0) is 31.2 Å². The summed E-state index contributed by atoms with van der Waals surface area (Å²) in [6.45, 7) is 3.16. The zero-order valence-corrected chi connectivity index (χ0v) is 16.7. The summed E-state index contributed by atoms with van der Waals surface area (Å²) >= 11 is 1.36. The number of rotatable bonds is 5. The number of carbonyl (C=O) groups excluding carboxylic acids is 2. The summed E-state index contributed by atoms with van der Waals surface area (Å²) in [6, 6.07) is 5.69. The van der Waals surface area contributed by atoms with Gasteiger partial charge >= 0.3 is 5.97 Å². The van der Waals surface area contributed by atoms with Gasteiger partial charge < -0.3 is 14.4 Å². The second-order valence-electron chi connectivity index (χ2n) is 6.64. The Morgan fingerprint density at radius 3 is 2.90 bits per heavy atom. The Morgan fingerprint density at radius 1 is 1.34 bits per heavy atom. The van der Waals surface area contributed by atoms with Crippen LogP contribution < -0.4 is 0 Å². The molecule has 0 spiro atoms. The number of aromatic nitrogens is 2. The standard InChI is InChI=1S/C20H20FN3O4S/c1-2-28-18(25)9-15-11-27-8-7-23(15)19(26)17-12-29-20-22-16(10-24(17)20)13-3-5-14(21)6-4-13/h3-6,10,12,15H,2,7-9,11H2,1H3/t15-/m0/s1. The molecular weight excluding hydrogens is 397 g/mol. The van der Waals surface area contributed by atoms with Crippen LogP contribution in [-0.2, 0) is 14.3 Å². The number of imidazole rings is 1. The van der Waals surface area contributed by atoms with Crippen molar-refractivity contribution in [1.29, 1.82) is 0 Å². The fourth-order valence-electron chi connectivity index (χ4n) is 3.35. The second-order valence-corrected chi connectivity index (χ2v) is 7.48. The number of amides is 1. The predicted molar refractivity (Wildman–Crippen MR) is 105 cm³/mol. The van der Waals surface area contributed by atoms with Crippen LogP contribution in [0.5, 0.6) is 0 Å². The van der Waals surface area contributed by atoms with E-state index in [0.29, 0.717) is 42.7 Å². The molecule has 4 rings (SSSR count). The number of nitrogens with zero attached hydrogens (tertiary/aromatic N) is 3. The van der Waals surface area contributed by atoms with Gasteiger partial charge in [0.2, 0.25) is 0 Å². The lowest BCUT2D eigenvalue weighted by Gasteiger charge is -2.34. The first-order chi connectivity index (χ1) is 14.1. The molecule has 1 aliphatic heterocycles. The highest BCUT2D eigenvalue weighted by Gasteiger charge is 2.32. The van der Waals surface area contributed by atoms with Crippen LogP contribution in [-0.4, -0.2) is 58.6 Å². The molecule has 1 amide bonds. The van der Waals surface area contributed by atoms with Crippen molar-refractivity contribution >= 4 is 28.2 Å². The smallest absolute Gasteiger partial charge is 0.307 e. The number of hydrogen-bond donors (Lipinski definition) is 0. The molecule has 1 fully saturated rings. The van der Waals surface area contributed by atoms with Gasteiger partial charge in [-0.15, -0.1) is 11.3 Å². The summed E-state index contributed by atoms with van der Waals surface area (Å²) in [7, 11) is 0. The number of esters is 1. The van der Waals surface area contributed by atoms with E-state index in [1.165, 1.54) is 23.5 Å². The molecule has 0 radical (unpaired) electrons. The first-order valence-electron chi connectivity index (χ1n) is 9.33. The van der Waals surface area contributed by atoms with Gasteiger partial charge in [0, 0.05) is 23.7 Å². The quantitative estimate of drug-likeness (QED) is 0.597. The summed E-state index contributed by atoms with van der Waals surface area (Å²) in [5, 5.41) is 1.76. The van der Waals surface area contributed by atoms with Crippen LogP contribution in [0.3, 0.4) is 0 Å². The molecular formula is C20H20FN3O4S. The number of benzene rings is 1. The summed E-state index contributed by atoms with van der Waals surface area (Å²) in [5.74, 6) is -0.847. The molecule has 0 N–H and O–H groups in total. The Balaban J connectivity index is 1.60. The molecule has 0 saturated carbocycles. The summed E-state index contributed by atoms with van der Waals surface area (Å²) in [6.07, 6.45) is 1.87. The van der Waals surface area contributed by atoms with Gasteiger partial charge in [-0.1, -0.05) is 0 Å². The average molecular weight is 417 g/mol. The van der Waals surface area contributed by atoms with Crippen LogP contribution in [0.1, 0.15) is 23.8 Å². The van der Waals surface area contributed by atoms with Gasteiger partial charge in [-0.25, -0.2) is 9.37 Å². The molecule has 1 saturated heterocycles. The van der Waals surface area contributed by atoms with Gasteiger partial charge in [-0.3, -0.25) is 14.0 Å². The topological polar surface area (TPSA) is 73.1 Å². The number of thiazole rings is 1. The van der Waals surface area contributed by atoms with E-state index in [-0.39, 0.29) is 30.2 Å². The van der Waals surface area contributed by atoms with Gasteiger partial charge in [0.25, 0.3) is 5.91 Å². The number of halogens is 1. The minimum absolute atomic E-state index is 0.0949. The summed E-state index contributed by atoms with van der Waals surface area (Å²) in [5.41, 5.74) is 1.91. The number of fused-ring (bicyclic) bond motifs is 1. The SMILES string of the molecule is CCOC(=O)C[C@H]1COCCN1C(=O)c1csc2nc(-c3ccc(F)cc3)cn12. The number of ether oxygens (including phenoxy) is 2. The normalized spacial score (nSPS) is 16.9. The first kappa shape index (κ1) is 19.5. The molecule has 1 aliphatic rings. The fourth-order valence-corrected chi connectivity index (χ4v) is 4.20. The van der Waals surface area contributed by atoms with Gasteiger partial charge in [0.15, 0.2) is 4.96 Å². The van der Waals surface area contributed by atoms with Crippen molar-refractivity contribution in [3.05, 3.63) is 47.4 Å². The maximum absolute atomic E-state index is 13.2. The highest BCUT2D eigenvalue weighted by molar-refractivity contribution is 7.15. The van der Waals surface area contributed by atoms with Crippen molar-refractivity contribution in [2.75, 3.05) is 26.4 Å². The predicted octanol–water partition coefficient (Wildman–Crippen LogP) is 3.00. The molecule has 2 aromatic heterocycles. The lowest BCUT2D eigenvalue weighted by Crippen LogP contribution is -2.50. The van der Waals surface area contributed by atoms with E-state index < -0.39 is 0 Å². The average Bonchev–Trinajstić information content (AvgIpc) is 3.29. The molecule has 3 aromatic rings. The third-order valence-corrected chi connectivity index (χ3v) is 5.60. The van der Waals surface area contributed by atoms with Crippen LogP contribution in [0.25, 0.3) is 16.2 Å². The highest BCUT2D eigenvalue weighted by atomic mass is 32.1. The zero-order valence-electron chi connectivity index (χ0n) is 15.8. The molecule has 1 aromatic carbocycles. The minimum Gasteiger partial charge on any atom is -0.466 e. The molecule has 0 bridgehead atoms. The largest absolute Gasteiger partial charge is 0.466 e. The van der Waals surface area contributed by atoms with E-state index in [9.17, 15) is 14.0 Å². The molecule has 9 heteroatoms. The maximum atomic E-state index is 13.2. The Labute approximate surface area is 170 Å². The third-order valence-electron chi connectivity index (χ3n) is 4.76. The van der Waals surface area contributed by atoms with Gasteiger partial charge in [-0.2, -0.15) is 0 Å². The van der Waals surface area contributed by atoms with Crippen molar-refractivity contribution in [1.82, 2.24) is 14.3 Å². The zero-order chi connectivity index (χ0) is 20.4. The number of morpholine rings is 1. The monoisotopic (exact) mass is 417 g/mol. The van der Waals surface area contributed by atoms with E-state index in [4.69, 9.17) is 9.47 Å². The summed E-state index contributed by atoms with van der Waals surface area (Å²) in [4.78, 5) is 32.0. The second kappa shape index (κ2) is 8.30. The van der Waals surface area contributed by atoms with E-state index in [0.717, 1.165) is 5.56 Å². The Hall–Kier alpha value is -2.78. The molecule has 29 heavy (non-hydrogen) atoms. The van der Waals surface area contributed by atoms with Gasteiger partial charge in [0.1, 0.15) is 11.5 Å². The van der Waals surface area contributed by atoms with Crippen molar-refractivity contribution < 1.29 is 23.5 Å². The molecule has 0 aliphatic carbocycles. The van der Waals surface area contributed by atoms with Gasteiger partial charge in [0.05, 0.1) is 38.0 Å². The molecule has 152 valence electrons. The third kappa shape index (κ3) is 4.01. The van der Waals surface area contributed by atoms with E-state index >= 15 is 0 Å². The Kier molecular flexibility index (Phi) is 5.59. The van der Waals surface area contributed by atoms with Crippen LogP contribution >= 0.6 is 11.3 Å². The lowest BCUT2D eigenvalue weighted by molar-refractivity contribution is -0.145. The minimum atomic E-state index is -0.370. The summed E-state index contributed by atoms with van der Waals surface area (Å²) < 4.78 is 25.4. The first-order valence-corrected chi connectivity index (χ1v) is 10.2. The Morgan fingerprint density at radius 2 is 2.14 bits per heavy atom. The number of hydrogen-bond acceptors (Lipinski definition) is 6. The fraction of sp³-hybridized carbons (Fsp3) is 0.350. The maximum Gasteiger partial charge on any atom is 0.307 e. The number of carbonyl (C=O) groups is 2. The van der Waals surface area contributed by atoms with Crippen LogP contribution in [0.2, 0.25) is 0 Å².